The van der Waals surface area contributed by atoms with Crippen LogP contribution in [0.2, 0.25) is 18.1 Å². The first-order valence-electron chi connectivity index (χ1n) is 8.98. The molecular weight excluding hydrogens is 350 g/mol. The summed E-state index contributed by atoms with van der Waals surface area (Å²) in [4.78, 5) is 23.6. The van der Waals surface area contributed by atoms with Gasteiger partial charge in [-0.3, -0.25) is 0 Å². The third-order valence-corrected chi connectivity index (χ3v) is 8.95. The number of hydrogen-bond donors (Lipinski definition) is 1. The van der Waals surface area contributed by atoms with Crippen LogP contribution in [0.1, 0.15) is 48.5 Å². The van der Waals surface area contributed by atoms with Crippen LogP contribution in [0.4, 0.5) is 4.79 Å². The topological polar surface area (TPSA) is 73.9 Å². The first-order valence-corrected chi connectivity index (χ1v) is 11.9. The van der Waals surface area contributed by atoms with Crippen LogP contribution in [0.15, 0.2) is 12.2 Å². The molecule has 0 rings (SSSR count). The summed E-state index contributed by atoms with van der Waals surface area (Å²) < 4.78 is 16.2. The SMILES string of the molecule is COC(=O)/C=C/[C@H](NC(=O)OC(C)(C)C)[C@H](C)CO[Si](C)(C)C(C)(C)C. The van der Waals surface area contributed by atoms with Gasteiger partial charge in [0.05, 0.1) is 13.2 Å². The molecule has 0 aliphatic heterocycles. The van der Waals surface area contributed by atoms with Crippen molar-refractivity contribution in [1.29, 1.82) is 0 Å². The number of amides is 1. The molecule has 0 heterocycles. The Morgan fingerprint density at radius 1 is 1.12 bits per heavy atom. The molecule has 0 aromatic rings. The van der Waals surface area contributed by atoms with E-state index in [0.29, 0.717) is 6.61 Å². The van der Waals surface area contributed by atoms with Crippen molar-refractivity contribution in [3.63, 3.8) is 0 Å². The Morgan fingerprint density at radius 3 is 2.08 bits per heavy atom. The number of esters is 1. The van der Waals surface area contributed by atoms with Crippen molar-refractivity contribution in [3.8, 4) is 0 Å². The maximum absolute atomic E-state index is 12.1. The minimum Gasteiger partial charge on any atom is -0.466 e. The van der Waals surface area contributed by atoms with Crippen molar-refractivity contribution >= 4 is 20.4 Å². The molecule has 0 saturated heterocycles. The fourth-order valence-electron chi connectivity index (χ4n) is 1.73. The van der Waals surface area contributed by atoms with Crippen LogP contribution in [-0.4, -0.2) is 45.7 Å². The Hall–Kier alpha value is -1.34. The Labute approximate surface area is 159 Å². The van der Waals surface area contributed by atoms with Crippen LogP contribution in [-0.2, 0) is 18.7 Å². The summed E-state index contributed by atoms with van der Waals surface area (Å²) in [6.07, 6.45) is 2.40. The quantitative estimate of drug-likeness (QED) is 0.401. The summed E-state index contributed by atoms with van der Waals surface area (Å²) in [5.74, 6) is -0.518. The van der Waals surface area contributed by atoms with Crippen molar-refractivity contribution in [2.45, 2.75) is 78.2 Å². The highest BCUT2D eigenvalue weighted by Crippen LogP contribution is 2.36. The number of carbonyl (C=O) groups is 2. The number of alkyl carbamates (subject to hydrolysis) is 1. The van der Waals surface area contributed by atoms with Crippen LogP contribution in [0.25, 0.3) is 0 Å². The second-order valence-electron chi connectivity index (χ2n) is 9.10. The van der Waals surface area contributed by atoms with Gasteiger partial charge in [-0.15, -0.1) is 0 Å². The molecule has 7 heteroatoms. The molecular formula is C19H37NO5Si. The summed E-state index contributed by atoms with van der Waals surface area (Å²) >= 11 is 0. The predicted octanol–water partition coefficient (Wildman–Crippen LogP) is 4.27. The largest absolute Gasteiger partial charge is 0.466 e. The lowest BCUT2D eigenvalue weighted by molar-refractivity contribution is -0.134. The molecule has 0 aromatic heterocycles. The molecule has 6 nitrogen and oxygen atoms in total. The maximum Gasteiger partial charge on any atom is 0.408 e. The molecule has 0 fully saturated rings. The smallest absolute Gasteiger partial charge is 0.408 e. The monoisotopic (exact) mass is 387 g/mol. The maximum atomic E-state index is 12.1. The molecule has 1 amide bonds. The lowest BCUT2D eigenvalue weighted by Gasteiger charge is -2.37. The van der Waals surface area contributed by atoms with Crippen LogP contribution in [0.3, 0.4) is 0 Å². The summed E-state index contributed by atoms with van der Waals surface area (Å²) in [6, 6.07) is -0.409. The highest BCUT2D eigenvalue weighted by molar-refractivity contribution is 6.74. The van der Waals surface area contributed by atoms with E-state index in [1.54, 1.807) is 26.8 Å². The first kappa shape index (κ1) is 24.7. The number of hydrogen-bond acceptors (Lipinski definition) is 5. The van der Waals surface area contributed by atoms with Crippen LogP contribution >= 0.6 is 0 Å². The zero-order valence-corrected chi connectivity index (χ0v) is 19.1. The van der Waals surface area contributed by atoms with E-state index in [9.17, 15) is 9.59 Å². The van der Waals surface area contributed by atoms with Gasteiger partial charge >= 0.3 is 12.1 Å². The molecule has 0 spiro atoms. The fraction of sp³-hybridized carbons (Fsp3) is 0.789. The Balaban J connectivity index is 5.11. The highest BCUT2D eigenvalue weighted by Gasteiger charge is 2.37. The van der Waals surface area contributed by atoms with Crippen LogP contribution < -0.4 is 5.32 Å². The standard InChI is InChI=1S/C19H37NO5Si/c1-14(13-24-26(9,10)19(5,6)7)15(11-12-16(21)23-8)20-17(22)25-18(2,3)4/h11-12,14-15H,13H2,1-10H3,(H,20,22)/b12-11+/t14-,15+/m1/s1. The average molecular weight is 388 g/mol. The third kappa shape index (κ3) is 9.38. The molecule has 0 radical (unpaired) electrons. The minimum absolute atomic E-state index is 0.0439. The third-order valence-electron chi connectivity index (χ3n) is 4.45. The normalized spacial score (nSPS) is 15.5. The minimum atomic E-state index is -1.90. The Kier molecular flexibility index (Phi) is 9.06. The van der Waals surface area contributed by atoms with E-state index in [2.05, 4.69) is 43.9 Å². The molecule has 0 aromatic carbocycles. The molecule has 1 N–H and O–H groups in total. The Bertz CT molecular complexity index is 503. The van der Waals surface area contributed by atoms with E-state index in [0.717, 1.165) is 0 Å². The number of rotatable bonds is 7. The van der Waals surface area contributed by atoms with E-state index in [4.69, 9.17) is 9.16 Å². The lowest BCUT2D eigenvalue weighted by atomic mass is 10.0. The molecule has 0 aliphatic carbocycles. The lowest BCUT2D eigenvalue weighted by Crippen LogP contribution is -2.46. The molecule has 0 saturated carbocycles. The van der Waals surface area contributed by atoms with Gasteiger partial charge in [0, 0.05) is 18.6 Å². The molecule has 26 heavy (non-hydrogen) atoms. The van der Waals surface area contributed by atoms with Crippen LogP contribution in [0, 0.1) is 5.92 Å². The zero-order valence-electron chi connectivity index (χ0n) is 18.1. The van der Waals surface area contributed by atoms with E-state index in [1.807, 2.05) is 6.92 Å². The van der Waals surface area contributed by atoms with Gasteiger partial charge in [-0.05, 0) is 38.9 Å². The van der Waals surface area contributed by atoms with Crippen molar-refractivity contribution in [2.75, 3.05) is 13.7 Å². The van der Waals surface area contributed by atoms with E-state index in [1.165, 1.54) is 13.2 Å². The van der Waals surface area contributed by atoms with E-state index < -0.39 is 32.0 Å². The van der Waals surface area contributed by atoms with E-state index >= 15 is 0 Å². The predicted molar refractivity (Wildman–Crippen MR) is 107 cm³/mol. The van der Waals surface area contributed by atoms with Crippen molar-refractivity contribution in [3.05, 3.63) is 12.2 Å². The van der Waals surface area contributed by atoms with Gasteiger partial charge in [-0.2, -0.15) is 0 Å². The van der Waals surface area contributed by atoms with Crippen molar-refractivity contribution in [1.82, 2.24) is 5.32 Å². The number of methoxy groups -OCH3 is 1. The second-order valence-corrected chi connectivity index (χ2v) is 13.9. The van der Waals surface area contributed by atoms with Gasteiger partial charge in [0.25, 0.3) is 0 Å². The van der Waals surface area contributed by atoms with Gasteiger partial charge in [0.2, 0.25) is 0 Å². The molecule has 2 atom stereocenters. The van der Waals surface area contributed by atoms with Crippen molar-refractivity contribution in [2.24, 2.45) is 5.92 Å². The second kappa shape index (κ2) is 9.55. The Morgan fingerprint density at radius 2 is 1.65 bits per heavy atom. The van der Waals surface area contributed by atoms with Gasteiger partial charge in [-0.25, -0.2) is 9.59 Å². The fourth-order valence-corrected chi connectivity index (χ4v) is 2.85. The number of nitrogens with one attached hydrogen (secondary N) is 1. The first-order chi connectivity index (χ1) is 11.6. The summed E-state index contributed by atoms with van der Waals surface area (Å²) in [5, 5.41) is 2.91. The molecule has 152 valence electrons. The van der Waals surface area contributed by atoms with Gasteiger partial charge in [0.1, 0.15) is 5.60 Å². The van der Waals surface area contributed by atoms with Crippen LogP contribution in [0.5, 0.6) is 0 Å². The van der Waals surface area contributed by atoms with Crippen molar-refractivity contribution < 1.29 is 23.5 Å². The zero-order chi connectivity index (χ0) is 20.8. The van der Waals surface area contributed by atoms with Gasteiger partial charge < -0.3 is 19.2 Å². The van der Waals surface area contributed by atoms with Gasteiger partial charge in [-0.1, -0.05) is 33.8 Å². The average Bonchev–Trinajstić information content (AvgIpc) is 2.45. The van der Waals surface area contributed by atoms with Gasteiger partial charge in [0.15, 0.2) is 8.32 Å². The summed E-state index contributed by atoms with van der Waals surface area (Å²) in [6.45, 7) is 18.7. The van der Waals surface area contributed by atoms with E-state index in [-0.39, 0.29) is 11.0 Å². The molecule has 0 unspecified atom stereocenters. The summed E-state index contributed by atoms with van der Waals surface area (Å²) in [7, 11) is -0.591. The number of carbonyl (C=O) groups excluding carboxylic acids is 2. The molecule has 0 bridgehead atoms. The highest BCUT2D eigenvalue weighted by atomic mass is 28.4. The molecule has 0 aliphatic rings. The summed E-state index contributed by atoms with van der Waals surface area (Å²) in [5.41, 5.74) is -0.596. The number of ether oxygens (including phenoxy) is 2.